The minimum Gasteiger partial charge on any atom is -0.309 e. The third-order valence-corrected chi connectivity index (χ3v) is 3.93. The highest BCUT2D eigenvalue weighted by Crippen LogP contribution is 2.54. The second kappa shape index (κ2) is 3.72. The van der Waals surface area contributed by atoms with Gasteiger partial charge in [-0.25, -0.2) is 0 Å². The molecule has 0 radical (unpaired) electrons. The highest BCUT2D eigenvalue weighted by molar-refractivity contribution is 8.07. The van der Waals surface area contributed by atoms with Crippen LogP contribution in [0.5, 0.6) is 0 Å². The molecule has 1 saturated heterocycles. The van der Waals surface area contributed by atoms with Crippen LogP contribution in [0.4, 0.5) is 0 Å². The van der Waals surface area contributed by atoms with Crippen LogP contribution in [0.2, 0.25) is 0 Å². The molecule has 72 valence electrons. The zero-order valence-corrected chi connectivity index (χ0v) is 9.41. The Balaban J connectivity index is 2.50. The van der Waals surface area contributed by atoms with E-state index in [4.69, 9.17) is 25.4 Å². The van der Waals surface area contributed by atoms with Gasteiger partial charge in [0.05, 0.1) is 19.8 Å². The average Bonchev–Trinajstić information content (AvgIpc) is 1.98. The molecule has 3 nitrogen and oxygen atoms in total. The van der Waals surface area contributed by atoms with Crippen molar-refractivity contribution in [2.45, 2.75) is 20.8 Å². The summed E-state index contributed by atoms with van der Waals surface area (Å²) in [7, 11) is 0. The van der Waals surface area contributed by atoms with Crippen LogP contribution in [0, 0.1) is 5.41 Å². The molecule has 0 atom stereocenters. The predicted molar refractivity (Wildman–Crippen MR) is 51.6 cm³/mol. The largest absolute Gasteiger partial charge is 0.327 e. The molecule has 0 bridgehead atoms. The molecule has 5 heteroatoms. The fraction of sp³-hybridized carbons (Fsp3) is 1.00. The lowest BCUT2D eigenvalue weighted by molar-refractivity contribution is 0.0270. The van der Waals surface area contributed by atoms with Crippen LogP contribution in [0.15, 0.2) is 0 Å². The van der Waals surface area contributed by atoms with Gasteiger partial charge in [-0.2, -0.15) is 0 Å². The van der Waals surface area contributed by atoms with Gasteiger partial charge in [0.25, 0.3) is 0 Å². The molecule has 0 aliphatic carbocycles. The first-order valence-electron chi connectivity index (χ1n) is 4.01. The molecule has 0 spiro atoms. The Labute approximate surface area is 78.6 Å². The third kappa shape index (κ3) is 2.79. The summed E-state index contributed by atoms with van der Waals surface area (Å²) in [5.41, 5.74) is 0.0689. The van der Waals surface area contributed by atoms with Crippen molar-refractivity contribution in [3.05, 3.63) is 0 Å². The van der Waals surface area contributed by atoms with Crippen LogP contribution in [0.25, 0.3) is 0 Å². The molecular formula is C7H15O3PS. The summed E-state index contributed by atoms with van der Waals surface area (Å²) in [5.74, 6) is 0. The summed E-state index contributed by atoms with van der Waals surface area (Å²) in [6, 6.07) is 0. The summed E-state index contributed by atoms with van der Waals surface area (Å²) < 4.78 is 16.1. The van der Waals surface area contributed by atoms with Crippen molar-refractivity contribution in [1.29, 1.82) is 0 Å². The zero-order valence-electron chi connectivity index (χ0n) is 7.70. The monoisotopic (exact) mass is 210 g/mol. The van der Waals surface area contributed by atoms with Gasteiger partial charge < -0.3 is 13.6 Å². The smallest absolute Gasteiger partial charge is 0.309 e. The van der Waals surface area contributed by atoms with Gasteiger partial charge in [0, 0.05) is 5.41 Å². The maximum Gasteiger partial charge on any atom is 0.327 e. The van der Waals surface area contributed by atoms with Gasteiger partial charge in [0.1, 0.15) is 0 Å². The van der Waals surface area contributed by atoms with E-state index in [2.05, 4.69) is 13.8 Å². The average molecular weight is 210 g/mol. The summed E-state index contributed by atoms with van der Waals surface area (Å²) in [6.07, 6.45) is 0. The van der Waals surface area contributed by atoms with Crippen LogP contribution in [-0.4, -0.2) is 19.8 Å². The van der Waals surface area contributed by atoms with Crippen LogP contribution in [0.1, 0.15) is 20.8 Å². The lowest BCUT2D eigenvalue weighted by Gasteiger charge is -2.35. The maximum atomic E-state index is 5.40. The fourth-order valence-corrected chi connectivity index (χ4v) is 3.01. The SMILES string of the molecule is CCOP1(=S)OCC(C)(C)CO1. The van der Waals surface area contributed by atoms with Crippen molar-refractivity contribution in [3.63, 3.8) is 0 Å². The molecule has 0 saturated carbocycles. The molecule has 1 aliphatic heterocycles. The lowest BCUT2D eigenvalue weighted by Crippen LogP contribution is -2.29. The van der Waals surface area contributed by atoms with Crippen LogP contribution in [0.3, 0.4) is 0 Å². The van der Waals surface area contributed by atoms with E-state index < -0.39 is 6.72 Å². The summed E-state index contributed by atoms with van der Waals surface area (Å²) >= 11 is 5.10. The van der Waals surface area contributed by atoms with Gasteiger partial charge in [-0.15, -0.1) is 0 Å². The molecular weight excluding hydrogens is 195 g/mol. The number of hydrogen-bond acceptors (Lipinski definition) is 4. The highest BCUT2D eigenvalue weighted by atomic mass is 32.5. The maximum absolute atomic E-state index is 5.40. The molecule has 1 heterocycles. The first-order chi connectivity index (χ1) is 5.47. The molecule has 0 N–H and O–H groups in total. The molecule has 1 fully saturated rings. The first kappa shape index (κ1) is 10.6. The van der Waals surface area contributed by atoms with Crippen LogP contribution < -0.4 is 0 Å². The van der Waals surface area contributed by atoms with E-state index in [0.717, 1.165) is 0 Å². The van der Waals surface area contributed by atoms with Crippen molar-refractivity contribution in [1.82, 2.24) is 0 Å². The summed E-state index contributed by atoms with van der Waals surface area (Å²) in [4.78, 5) is 0. The minimum absolute atomic E-state index is 0.0689. The van der Waals surface area contributed by atoms with Crippen LogP contribution >= 0.6 is 6.72 Å². The van der Waals surface area contributed by atoms with E-state index in [9.17, 15) is 0 Å². The second-order valence-electron chi connectivity index (χ2n) is 3.58. The quantitative estimate of drug-likeness (QED) is 0.654. The second-order valence-corrected chi connectivity index (χ2v) is 6.59. The van der Waals surface area contributed by atoms with Crippen LogP contribution in [-0.2, 0) is 25.4 Å². The zero-order chi connectivity index (χ0) is 9.24. The van der Waals surface area contributed by atoms with Gasteiger partial charge in [0.15, 0.2) is 0 Å². The molecule has 0 aromatic heterocycles. The molecule has 0 unspecified atom stereocenters. The van der Waals surface area contributed by atoms with Gasteiger partial charge >= 0.3 is 6.72 Å². The standard InChI is InChI=1S/C7H15O3PS/c1-4-8-11(12)9-5-7(2,3)6-10-11/h4-6H2,1-3H3. The molecule has 12 heavy (non-hydrogen) atoms. The van der Waals surface area contributed by atoms with E-state index in [1.54, 1.807) is 0 Å². The predicted octanol–water partition coefficient (Wildman–Crippen LogP) is 2.32. The highest BCUT2D eigenvalue weighted by Gasteiger charge is 2.33. The minimum atomic E-state index is -2.36. The number of hydrogen-bond donors (Lipinski definition) is 0. The van der Waals surface area contributed by atoms with Crippen molar-refractivity contribution in [2.24, 2.45) is 5.41 Å². The van der Waals surface area contributed by atoms with Gasteiger partial charge in [-0.3, -0.25) is 0 Å². The summed E-state index contributed by atoms with van der Waals surface area (Å²) in [5, 5.41) is 0. The van der Waals surface area contributed by atoms with E-state index >= 15 is 0 Å². The van der Waals surface area contributed by atoms with E-state index in [1.807, 2.05) is 6.92 Å². The Bertz CT molecular complexity index is 191. The van der Waals surface area contributed by atoms with Crippen molar-refractivity contribution >= 4 is 18.5 Å². The summed E-state index contributed by atoms with van der Waals surface area (Å²) in [6.45, 7) is 5.50. The van der Waals surface area contributed by atoms with E-state index in [-0.39, 0.29) is 5.41 Å². The Kier molecular flexibility index (Phi) is 3.29. The Morgan fingerprint density at radius 3 is 2.33 bits per heavy atom. The topological polar surface area (TPSA) is 27.7 Å². The van der Waals surface area contributed by atoms with Crippen molar-refractivity contribution < 1.29 is 13.6 Å². The number of rotatable bonds is 2. The van der Waals surface area contributed by atoms with Gasteiger partial charge in [-0.05, 0) is 18.7 Å². The molecule has 0 aromatic carbocycles. The van der Waals surface area contributed by atoms with Gasteiger partial charge in [0.2, 0.25) is 0 Å². The Morgan fingerprint density at radius 2 is 1.92 bits per heavy atom. The molecule has 0 amide bonds. The van der Waals surface area contributed by atoms with Crippen molar-refractivity contribution in [2.75, 3.05) is 19.8 Å². The Morgan fingerprint density at radius 1 is 1.42 bits per heavy atom. The third-order valence-electron chi connectivity index (χ3n) is 1.51. The Hall–Kier alpha value is 0.530. The lowest BCUT2D eigenvalue weighted by atomic mass is 9.97. The normalized spacial score (nSPS) is 26.9. The van der Waals surface area contributed by atoms with Gasteiger partial charge in [-0.1, -0.05) is 13.8 Å². The fourth-order valence-electron chi connectivity index (χ4n) is 0.819. The molecule has 0 aromatic rings. The molecule has 1 aliphatic rings. The van der Waals surface area contributed by atoms with Crippen molar-refractivity contribution in [3.8, 4) is 0 Å². The van der Waals surface area contributed by atoms with E-state index in [0.29, 0.717) is 19.8 Å². The van der Waals surface area contributed by atoms with E-state index in [1.165, 1.54) is 0 Å². The first-order valence-corrected chi connectivity index (χ1v) is 6.57. The molecule has 1 rings (SSSR count).